The van der Waals surface area contributed by atoms with E-state index in [-0.39, 0.29) is 12.1 Å². The number of likely N-dealkylation sites (tertiary alicyclic amines) is 1. The van der Waals surface area contributed by atoms with Crippen molar-refractivity contribution < 1.29 is 9.63 Å². The number of aliphatic hydroxyl groups excluding tert-OH is 1. The Bertz CT molecular complexity index is 457. The lowest BCUT2D eigenvalue weighted by Gasteiger charge is -2.27. The highest BCUT2D eigenvalue weighted by Crippen LogP contribution is 2.33. The zero-order chi connectivity index (χ0) is 13.2. The third-order valence-corrected chi connectivity index (χ3v) is 4.08. The second-order valence-corrected chi connectivity index (χ2v) is 5.69. The smallest absolute Gasteiger partial charge is 0.244 e. The van der Waals surface area contributed by atoms with E-state index < -0.39 is 0 Å². The van der Waals surface area contributed by atoms with Crippen molar-refractivity contribution in [3.63, 3.8) is 0 Å². The molecule has 1 N–H and O–H groups in total. The molecule has 0 radical (unpaired) electrons. The number of nitrogens with zero attached hydrogens (tertiary/aromatic N) is 3. The van der Waals surface area contributed by atoms with Gasteiger partial charge in [-0.25, -0.2) is 0 Å². The van der Waals surface area contributed by atoms with Crippen LogP contribution in [0, 0.1) is 12.8 Å². The van der Waals surface area contributed by atoms with E-state index in [0.717, 1.165) is 13.0 Å². The number of allylic oxidation sites excluding steroid dienone is 2. The summed E-state index contributed by atoms with van der Waals surface area (Å²) in [7, 11) is 0. The molecule has 1 saturated heterocycles. The average molecular weight is 263 g/mol. The van der Waals surface area contributed by atoms with Gasteiger partial charge in [-0.1, -0.05) is 17.3 Å². The number of aromatic nitrogens is 2. The van der Waals surface area contributed by atoms with Crippen molar-refractivity contribution >= 4 is 0 Å². The van der Waals surface area contributed by atoms with Crippen LogP contribution in [0.5, 0.6) is 0 Å². The Morgan fingerprint density at radius 1 is 1.47 bits per heavy atom. The molecule has 2 aliphatic rings. The molecule has 1 aliphatic heterocycles. The first-order chi connectivity index (χ1) is 9.22. The number of aryl methyl sites for hydroxylation is 1. The van der Waals surface area contributed by atoms with Crippen LogP contribution in [0.25, 0.3) is 0 Å². The zero-order valence-electron chi connectivity index (χ0n) is 11.3. The lowest BCUT2D eigenvalue weighted by Crippen LogP contribution is -2.31. The quantitative estimate of drug-likeness (QED) is 0.843. The summed E-state index contributed by atoms with van der Waals surface area (Å²) < 4.78 is 5.29. The van der Waals surface area contributed by atoms with Crippen LogP contribution in [0.1, 0.15) is 43.4 Å². The topological polar surface area (TPSA) is 62.4 Å². The molecule has 0 aromatic carbocycles. The summed E-state index contributed by atoms with van der Waals surface area (Å²) in [5, 5.41) is 13.8. The van der Waals surface area contributed by atoms with Gasteiger partial charge in [0.2, 0.25) is 5.89 Å². The molecule has 0 saturated carbocycles. The van der Waals surface area contributed by atoms with Crippen LogP contribution < -0.4 is 0 Å². The molecule has 19 heavy (non-hydrogen) atoms. The van der Waals surface area contributed by atoms with Crippen molar-refractivity contribution in [1.82, 2.24) is 15.0 Å². The standard InChI is InChI=1S/C14H21N3O2/c1-10-15-14(19-16-10)13-7-12(18)9-17(13)8-11-5-3-2-4-6-11/h2-3,11-13,18H,4-9H2,1H3/t11-,12+,13-/m1/s1. The summed E-state index contributed by atoms with van der Waals surface area (Å²) in [4.78, 5) is 6.63. The van der Waals surface area contributed by atoms with E-state index in [9.17, 15) is 5.11 Å². The normalized spacial score (nSPS) is 32.0. The maximum absolute atomic E-state index is 9.92. The van der Waals surface area contributed by atoms with Gasteiger partial charge < -0.3 is 9.63 Å². The highest BCUT2D eigenvalue weighted by atomic mass is 16.5. The predicted octanol–water partition coefficient (Wildman–Crippen LogP) is 1.84. The molecule has 0 spiro atoms. The minimum atomic E-state index is -0.281. The van der Waals surface area contributed by atoms with Gasteiger partial charge in [-0.05, 0) is 38.5 Å². The summed E-state index contributed by atoms with van der Waals surface area (Å²) in [6.45, 7) is 3.55. The Kier molecular flexibility index (Phi) is 3.66. The van der Waals surface area contributed by atoms with Gasteiger partial charge in [-0.3, -0.25) is 4.90 Å². The van der Waals surface area contributed by atoms with Crippen molar-refractivity contribution in [2.24, 2.45) is 5.92 Å². The Labute approximate surface area is 113 Å². The van der Waals surface area contributed by atoms with Crippen molar-refractivity contribution in [2.45, 2.75) is 44.8 Å². The van der Waals surface area contributed by atoms with Crippen LogP contribution in [-0.4, -0.2) is 39.3 Å². The molecular formula is C14H21N3O2. The molecular weight excluding hydrogens is 242 g/mol. The van der Waals surface area contributed by atoms with Crippen LogP contribution in [0.15, 0.2) is 16.7 Å². The van der Waals surface area contributed by atoms with Gasteiger partial charge in [0.1, 0.15) is 0 Å². The fourth-order valence-corrected chi connectivity index (χ4v) is 3.14. The second-order valence-electron chi connectivity index (χ2n) is 5.69. The minimum Gasteiger partial charge on any atom is -0.392 e. The number of rotatable bonds is 3. The summed E-state index contributed by atoms with van der Waals surface area (Å²) >= 11 is 0. The van der Waals surface area contributed by atoms with Crippen LogP contribution in [0.3, 0.4) is 0 Å². The van der Waals surface area contributed by atoms with Crippen LogP contribution in [0.2, 0.25) is 0 Å². The summed E-state index contributed by atoms with van der Waals surface area (Å²) in [5.41, 5.74) is 0. The molecule has 3 atom stereocenters. The second kappa shape index (κ2) is 5.43. The van der Waals surface area contributed by atoms with Crippen molar-refractivity contribution in [3.8, 4) is 0 Å². The van der Waals surface area contributed by atoms with E-state index in [1.165, 1.54) is 12.8 Å². The first-order valence-electron chi connectivity index (χ1n) is 7.09. The first kappa shape index (κ1) is 12.8. The van der Waals surface area contributed by atoms with Crippen molar-refractivity contribution in [3.05, 3.63) is 23.9 Å². The first-order valence-corrected chi connectivity index (χ1v) is 7.09. The molecule has 1 aromatic rings. The Morgan fingerprint density at radius 2 is 2.37 bits per heavy atom. The van der Waals surface area contributed by atoms with Gasteiger partial charge in [0.05, 0.1) is 12.1 Å². The molecule has 3 rings (SSSR count). The lowest BCUT2D eigenvalue weighted by molar-refractivity contribution is 0.156. The van der Waals surface area contributed by atoms with Crippen molar-refractivity contribution in [2.75, 3.05) is 13.1 Å². The molecule has 5 nitrogen and oxygen atoms in total. The summed E-state index contributed by atoms with van der Waals surface area (Å²) in [6.07, 6.45) is 8.49. The largest absolute Gasteiger partial charge is 0.392 e. The fourth-order valence-electron chi connectivity index (χ4n) is 3.14. The van der Waals surface area contributed by atoms with Gasteiger partial charge >= 0.3 is 0 Å². The van der Waals surface area contributed by atoms with E-state index in [1.54, 1.807) is 0 Å². The number of hydrogen-bond acceptors (Lipinski definition) is 5. The highest BCUT2D eigenvalue weighted by Gasteiger charge is 2.36. The van der Waals surface area contributed by atoms with Crippen molar-refractivity contribution in [1.29, 1.82) is 0 Å². The molecule has 1 aliphatic carbocycles. The number of β-amino-alcohol motifs (C(OH)–C–C–N with tert-alkyl or cyclic N) is 1. The van der Waals surface area contributed by atoms with Gasteiger partial charge in [-0.2, -0.15) is 4.98 Å². The van der Waals surface area contributed by atoms with E-state index >= 15 is 0 Å². The Morgan fingerprint density at radius 3 is 3.05 bits per heavy atom. The molecule has 0 bridgehead atoms. The number of hydrogen-bond donors (Lipinski definition) is 1. The third-order valence-electron chi connectivity index (χ3n) is 4.08. The molecule has 0 amide bonds. The monoisotopic (exact) mass is 263 g/mol. The fraction of sp³-hybridized carbons (Fsp3) is 0.714. The molecule has 1 aromatic heterocycles. The highest BCUT2D eigenvalue weighted by molar-refractivity contribution is 5.00. The van der Waals surface area contributed by atoms with Gasteiger partial charge in [0.25, 0.3) is 0 Å². The predicted molar refractivity (Wildman–Crippen MR) is 70.5 cm³/mol. The number of aliphatic hydroxyl groups is 1. The summed E-state index contributed by atoms with van der Waals surface area (Å²) in [6, 6.07) is 0.0853. The minimum absolute atomic E-state index is 0.0853. The van der Waals surface area contributed by atoms with E-state index in [4.69, 9.17) is 4.52 Å². The zero-order valence-corrected chi connectivity index (χ0v) is 11.3. The SMILES string of the molecule is Cc1noc([C@H]2C[C@H](O)CN2C[C@@H]2CC=CCC2)n1. The van der Waals surface area contributed by atoms with Crippen LogP contribution >= 0.6 is 0 Å². The molecule has 104 valence electrons. The van der Waals surface area contributed by atoms with Crippen LogP contribution in [0.4, 0.5) is 0 Å². The van der Waals surface area contributed by atoms with Crippen LogP contribution in [-0.2, 0) is 0 Å². The van der Waals surface area contributed by atoms with Gasteiger partial charge in [0, 0.05) is 13.1 Å². The maximum atomic E-state index is 9.92. The maximum Gasteiger partial charge on any atom is 0.244 e. The molecule has 0 unspecified atom stereocenters. The average Bonchev–Trinajstić information content (AvgIpc) is 2.97. The van der Waals surface area contributed by atoms with E-state index in [0.29, 0.717) is 30.6 Å². The van der Waals surface area contributed by atoms with Gasteiger partial charge in [0.15, 0.2) is 5.82 Å². The van der Waals surface area contributed by atoms with E-state index in [2.05, 4.69) is 27.2 Å². The molecule has 5 heteroatoms. The third kappa shape index (κ3) is 2.87. The summed E-state index contributed by atoms with van der Waals surface area (Å²) in [5.74, 6) is 2.00. The lowest BCUT2D eigenvalue weighted by atomic mass is 9.94. The Balaban J connectivity index is 1.69. The van der Waals surface area contributed by atoms with E-state index in [1.807, 2.05) is 6.92 Å². The molecule has 1 fully saturated rings. The van der Waals surface area contributed by atoms with Gasteiger partial charge in [-0.15, -0.1) is 0 Å². The Hall–Kier alpha value is -1.20. The molecule has 2 heterocycles.